The maximum Gasteiger partial charge on any atom is 0.573 e. The summed E-state index contributed by atoms with van der Waals surface area (Å²) in [6.45, 7) is 4.15. The molecule has 0 spiro atoms. The lowest BCUT2D eigenvalue weighted by molar-refractivity contribution is -0.274. The molecule has 2 aromatic carbocycles. The molecule has 0 bridgehead atoms. The fourth-order valence-electron chi connectivity index (χ4n) is 3.48. The highest BCUT2D eigenvalue weighted by atomic mass is 19.4. The average Bonchev–Trinajstić information content (AvgIpc) is 2.79. The van der Waals surface area contributed by atoms with E-state index >= 15 is 0 Å². The summed E-state index contributed by atoms with van der Waals surface area (Å²) in [6.07, 6.45) is -1.18. The third-order valence-electron chi connectivity index (χ3n) is 5.13. The van der Waals surface area contributed by atoms with E-state index in [4.69, 9.17) is 0 Å². The number of nitrogens with one attached hydrogen (secondary N) is 1. The molecule has 176 valence electrons. The smallest absolute Gasteiger partial charge is 0.406 e. The number of halogens is 4. The molecule has 0 atom stereocenters. The largest absolute Gasteiger partial charge is 0.573 e. The predicted octanol–water partition coefficient (Wildman–Crippen LogP) is 5.02. The number of fused-ring (bicyclic) bond motifs is 1. The number of hydrogen-bond donors (Lipinski definition) is 1. The molecule has 2 aliphatic rings. The summed E-state index contributed by atoms with van der Waals surface area (Å²) in [6, 6.07) is 9.93. The Morgan fingerprint density at radius 1 is 1.12 bits per heavy atom. The lowest BCUT2D eigenvalue weighted by atomic mass is 10.0. The van der Waals surface area contributed by atoms with Crippen LogP contribution in [0, 0.1) is 5.82 Å². The number of benzene rings is 2. The van der Waals surface area contributed by atoms with Crippen LogP contribution in [0.4, 0.5) is 28.0 Å². The Balaban J connectivity index is 0.000000194. The first-order valence-electron chi connectivity index (χ1n) is 10.3. The van der Waals surface area contributed by atoms with Crippen molar-refractivity contribution in [3.8, 4) is 5.75 Å². The highest BCUT2D eigenvalue weighted by Crippen LogP contribution is 2.26. The van der Waals surface area contributed by atoms with Gasteiger partial charge in [-0.25, -0.2) is 9.18 Å². The van der Waals surface area contributed by atoms with Crippen molar-refractivity contribution < 1.29 is 31.9 Å². The Bertz CT molecular complexity index is 1020. The highest BCUT2D eigenvalue weighted by molar-refractivity contribution is 5.92. The third kappa shape index (κ3) is 6.71. The van der Waals surface area contributed by atoms with Crippen LogP contribution in [0.1, 0.15) is 24.5 Å². The number of amides is 3. The van der Waals surface area contributed by atoms with Crippen molar-refractivity contribution >= 4 is 23.7 Å². The summed E-state index contributed by atoms with van der Waals surface area (Å²) in [4.78, 5) is 25.3. The zero-order valence-electron chi connectivity index (χ0n) is 17.9. The van der Waals surface area contributed by atoms with E-state index < -0.39 is 6.36 Å². The van der Waals surface area contributed by atoms with Crippen LogP contribution in [0.2, 0.25) is 0 Å². The van der Waals surface area contributed by atoms with E-state index in [1.165, 1.54) is 24.3 Å². The SMILES string of the molecule is CCN1Cc2cc(F)ccc2NC1=O.O=CN1CCC=C(c2ccc(OC(F)(F)F)cc2)C1. The monoisotopic (exact) mass is 465 g/mol. The topological polar surface area (TPSA) is 61.9 Å². The van der Waals surface area contributed by atoms with Gasteiger partial charge in [-0.1, -0.05) is 18.2 Å². The van der Waals surface area contributed by atoms with Gasteiger partial charge in [0, 0.05) is 31.9 Å². The van der Waals surface area contributed by atoms with Crippen LogP contribution in [-0.4, -0.2) is 48.2 Å². The molecule has 10 heteroatoms. The molecule has 0 radical (unpaired) electrons. The molecule has 6 nitrogen and oxygen atoms in total. The minimum Gasteiger partial charge on any atom is -0.406 e. The second-order valence-electron chi connectivity index (χ2n) is 7.41. The van der Waals surface area contributed by atoms with Crippen molar-refractivity contribution in [1.29, 1.82) is 0 Å². The lowest BCUT2D eigenvalue weighted by Gasteiger charge is -2.28. The van der Waals surface area contributed by atoms with Crippen molar-refractivity contribution in [2.75, 3.05) is 25.0 Å². The van der Waals surface area contributed by atoms with E-state index in [-0.39, 0.29) is 17.6 Å². The number of carbonyl (C=O) groups is 2. The van der Waals surface area contributed by atoms with E-state index in [0.717, 1.165) is 29.5 Å². The third-order valence-corrected chi connectivity index (χ3v) is 5.13. The van der Waals surface area contributed by atoms with Crippen LogP contribution in [-0.2, 0) is 11.3 Å². The maximum atomic E-state index is 12.9. The zero-order valence-corrected chi connectivity index (χ0v) is 17.9. The second-order valence-corrected chi connectivity index (χ2v) is 7.41. The standard InChI is InChI=1S/C13H12F3NO2.C10H11FN2O/c14-13(15,16)19-12-5-3-10(4-6-12)11-2-1-7-17(8-11)9-18;1-2-13-6-7-5-8(11)3-4-9(7)12-10(13)14/h2-6,9H,1,7-8H2;3-5H,2,6H2,1H3,(H,12,14). The summed E-state index contributed by atoms with van der Waals surface area (Å²) in [7, 11) is 0. The van der Waals surface area contributed by atoms with Crippen molar-refractivity contribution in [3.63, 3.8) is 0 Å². The molecule has 33 heavy (non-hydrogen) atoms. The number of alkyl halides is 3. The highest BCUT2D eigenvalue weighted by Gasteiger charge is 2.31. The number of nitrogens with zero attached hydrogens (tertiary/aromatic N) is 2. The van der Waals surface area contributed by atoms with Gasteiger partial charge in [-0.3, -0.25) is 4.79 Å². The molecule has 1 N–H and O–H groups in total. The number of urea groups is 1. The number of anilines is 1. The molecule has 2 heterocycles. The number of ether oxygens (including phenoxy) is 1. The van der Waals surface area contributed by atoms with E-state index in [1.54, 1.807) is 28.0 Å². The number of rotatable bonds is 4. The fraction of sp³-hybridized carbons (Fsp3) is 0.304. The van der Waals surface area contributed by atoms with Gasteiger partial charge >= 0.3 is 12.4 Å². The Hall–Kier alpha value is -3.56. The molecule has 0 saturated heterocycles. The molecule has 2 aromatic rings. The number of carbonyl (C=O) groups excluding carboxylic acids is 2. The Labute approximate surface area is 188 Å². The van der Waals surface area contributed by atoms with Gasteiger partial charge in [-0.15, -0.1) is 13.2 Å². The van der Waals surface area contributed by atoms with Crippen molar-refractivity contribution in [1.82, 2.24) is 9.80 Å². The van der Waals surface area contributed by atoms with Gasteiger partial charge in [-0.2, -0.15) is 0 Å². The summed E-state index contributed by atoms with van der Waals surface area (Å²) in [5.41, 5.74) is 3.26. The van der Waals surface area contributed by atoms with E-state index in [9.17, 15) is 27.2 Å². The van der Waals surface area contributed by atoms with Crippen LogP contribution in [0.15, 0.2) is 48.5 Å². The first kappa shape index (κ1) is 24.1. The van der Waals surface area contributed by atoms with Crippen LogP contribution >= 0.6 is 0 Å². The molecule has 0 aliphatic carbocycles. The average molecular weight is 465 g/mol. The predicted molar refractivity (Wildman–Crippen MR) is 115 cm³/mol. The van der Waals surface area contributed by atoms with Crippen molar-refractivity contribution in [2.24, 2.45) is 0 Å². The fourth-order valence-corrected chi connectivity index (χ4v) is 3.48. The Morgan fingerprint density at radius 3 is 2.48 bits per heavy atom. The van der Waals surface area contributed by atoms with Gasteiger partial charge in [-0.05, 0) is 60.4 Å². The second kappa shape index (κ2) is 10.4. The Morgan fingerprint density at radius 2 is 1.85 bits per heavy atom. The molecule has 3 amide bonds. The molecule has 0 fully saturated rings. The molecule has 0 aromatic heterocycles. The first-order valence-corrected chi connectivity index (χ1v) is 10.3. The van der Waals surface area contributed by atoms with E-state index in [0.29, 0.717) is 31.9 Å². The quantitative estimate of drug-likeness (QED) is 0.509. The number of hydrogen-bond acceptors (Lipinski definition) is 3. The van der Waals surface area contributed by atoms with E-state index in [1.807, 2.05) is 13.0 Å². The summed E-state index contributed by atoms with van der Waals surface area (Å²) >= 11 is 0. The summed E-state index contributed by atoms with van der Waals surface area (Å²) < 4.78 is 52.7. The molecule has 2 aliphatic heterocycles. The minimum atomic E-state index is -4.68. The summed E-state index contributed by atoms with van der Waals surface area (Å²) in [5.74, 6) is -0.518. The molecule has 0 saturated carbocycles. The molecule has 4 rings (SSSR count). The normalized spacial score (nSPS) is 15.5. The van der Waals surface area contributed by atoms with Crippen LogP contribution in [0.25, 0.3) is 5.57 Å². The van der Waals surface area contributed by atoms with Crippen molar-refractivity contribution in [3.05, 3.63) is 65.5 Å². The van der Waals surface area contributed by atoms with Crippen LogP contribution in [0.3, 0.4) is 0 Å². The van der Waals surface area contributed by atoms with Gasteiger partial charge in [0.1, 0.15) is 11.6 Å². The molecular weight excluding hydrogens is 442 g/mol. The van der Waals surface area contributed by atoms with Crippen LogP contribution < -0.4 is 10.1 Å². The van der Waals surface area contributed by atoms with Crippen LogP contribution in [0.5, 0.6) is 5.75 Å². The minimum absolute atomic E-state index is 0.119. The Kier molecular flexibility index (Phi) is 7.57. The van der Waals surface area contributed by atoms with E-state index in [2.05, 4.69) is 10.1 Å². The van der Waals surface area contributed by atoms with Gasteiger partial charge in [0.25, 0.3) is 0 Å². The zero-order chi connectivity index (χ0) is 24.0. The van der Waals surface area contributed by atoms with Gasteiger partial charge in [0.2, 0.25) is 6.41 Å². The summed E-state index contributed by atoms with van der Waals surface area (Å²) in [5, 5.41) is 2.71. The van der Waals surface area contributed by atoms with Gasteiger partial charge < -0.3 is 19.9 Å². The van der Waals surface area contributed by atoms with Gasteiger partial charge in [0.15, 0.2) is 0 Å². The molecule has 0 unspecified atom stereocenters. The van der Waals surface area contributed by atoms with Crippen molar-refractivity contribution in [2.45, 2.75) is 26.3 Å². The first-order chi connectivity index (χ1) is 15.7. The molecular formula is C23H23F4N3O3. The maximum absolute atomic E-state index is 12.9. The lowest BCUT2D eigenvalue weighted by Crippen LogP contribution is -2.38. The van der Waals surface area contributed by atoms with Gasteiger partial charge in [0.05, 0.1) is 0 Å².